The number of hydrogen-bond acceptors (Lipinski definition) is 2. The standard InChI is InChI=1S/C21H16O2/c22-20(17-10-5-2-6-11-17)15-21(23)19-13-7-12-18(14-19)16-8-3-1-4-9-16/h1-14H,15H2. The first-order valence-electron chi connectivity index (χ1n) is 7.51. The Labute approximate surface area is 135 Å². The molecule has 3 aromatic rings. The highest BCUT2D eigenvalue weighted by molar-refractivity contribution is 6.13. The highest BCUT2D eigenvalue weighted by Gasteiger charge is 2.14. The Hall–Kier alpha value is -3.00. The Balaban J connectivity index is 1.79. The lowest BCUT2D eigenvalue weighted by molar-refractivity contribution is 0.0894. The van der Waals surface area contributed by atoms with Crippen LogP contribution in [0.4, 0.5) is 0 Å². The van der Waals surface area contributed by atoms with Gasteiger partial charge < -0.3 is 0 Å². The number of hydrogen-bond donors (Lipinski definition) is 0. The number of rotatable bonds is 5. The van der Waals surface area contributed by atoms with E-state index in [0.29, 0.717) is 11.1 Å². The van der Waals surface area contributed by atoms with Gasteiger partial charge in [0.2, 0.25) is 0 Å². The molecule has 3 aromatic carbocycles. The average molecular weight is 300 g/mol. The van der Waals surface area contributed by atoms with Crippen LogP contribution >= 0.6 is 0 Å². The minimum atomic E-state index is -0.156. The summed E-state index contributed by atoms with van der Waals surface area (Å²) in [4.78, 5) is 24.6. The van der Waals surface area contributed by atoms with E-state index in [-0.39, 0.29) is 18.0 Å². The summed E-state index contributed by atoms with van der Waals surface area (Å²) in [7, 11) is 0. The molecule has 112 valence electrons. The summed E-state index contributed by atoms with van der Waals surface area (Å²) in [5.41, 5.74) is 3.16. The summed E-state index contributed by atoms with van der Waals surface area (Å²) < 4.78 is 0. The van der Waals surface area contributed by atoms with Crippen LogP contribution < -0.4 is 0 Å². The van der Waals surface area contributed by atoms with E-state index >= 15 is 0 Å². The lowest BCUT2D eigenvalue weighted by Gasteiger charge is -2.05. The molecule has 23 heavy (non-hydrogen) atoms. The van der Waals surface area contributed by atoms with Crippen LogP contribution in [0.15, 0.2) is 84.9 Å². The summed E-state index contributed by atoms with van der Waals surface area (Å²) in [6.07, 6.45) is -0.109. The molecule has 0 saturated heterocycles. The quantitative estimate of drug-likeness (QED) is 0.500. The van der Waals surface area contributed by atoms with Gasteiger partial charge in [0.1, 0.15) is 0 Å². The van der Waals surface area contributed by atoms with Crippen molar-refractivity contribution in [1.82, 2.24) is 0 Å². The monoisotopic (exact) mass is 300 g/mol. The van der Waals surface area contributed by atoms with Gasteiger partial charge in [-0.05, 0) is 17.2 Å². The van der Waals surface area contributed by atoms with Gasteiger partial charge in [0.25, 0.3) is 0 Å². The van der Waals surface area contributed by atoms with Crippen LogP contribution in [0, 0.1) is 0 Å². The van der Waals surface area contributed by atoms with Crippen LogP contribution in [-0.2, 0) is 0 Å². The van der Waals surface area contributed by atoms with Gasteiger partial charge in [0.15, 0.2) is 11.6 Å². The number of ketones is 2. The van der Waals surface area contributed by atoms with E-state index in [4.69, 9.17) is 0 Å². The van der Waals surface area contributed by atoms with E-state index < -0.39 is 0 Å². The Morgan fingerprint density at radius 3 is 1.78 bits per heavy atom. The van der Waals surface area contributed by atoms with E-state index in [2.05, 4.69) is 0 Å². The maximum Gasteiger partial charge on any atom is 0.170 e. The number of carbonyl (C=O) groups excluding carboxylic acids is 2. The summed E-state index contributed by atoms with van der Waals surface area (Å²) >= 11 is 0. The summed E-state index contributed by atoms with van der Waals surface area (Å²) in [6, 6.07) is 26.2. The molecule has 0 spiro atoms. The zero-order valence-corrected chi connectivity index (χ0v) is 12.6. The number of benzene rings is 3. The van der Waals surface area contributed by atoms with Gasteiger partial charge in [-0.2, -0.15) is 0 Å². The summed E-state index contributed by atoms with van der Waals surface area (Å²) in [5, 5.41) is 0. The van der Waals surface area contributed by atoms with Gasteiger partial charge in [-0.1, -0.05) is 78.9 Å². The molecule has 0 radical (unpaired) electrons. The molecule has 0 saturated carbocycles. The molecule has 2 heteroatoms. The molecule has 0 amide bonds. The first-order valence-corrected chi connectivity index (χ1v) is 7.51. The SMILES string of the molecule is O=C(CC(=O)c1cccc(-c2ccccc2)c1)c1ccccc1. The second kappa shape index (κ2) is 6.84. The second-order valence-electron chi connectivity index (χ2n) is 5.34. The van der Waals surface area contributed by atoms with Gasteiger partial charge in [-0.25, -0.2) is 0 Å². The maximum atomic E-state index is 12.4. The van der Waals surface area contributed by atoms with Crippen molar-refractivity contribution in [3.63, 3.8) is 0 Å². The van der Waals surface area contributed by atoms with Crippen LogP contribution in [0.5, 0.6) is 0 Å². The maximum absolute atomic E-state index is 12.4. The van der Waals surface area contributed by atoms with E-state index in [0.717, 1.165) is 11.1 Å². The largest absolute Gasteiger partial charge is 0.294 e. The van der Waals surface area contributed by atoms with Crippen LogP contribution in [0.3, 0.4) is 0 Å². The zero-order valence-electron chi connectivity index (χ0n) is 12.6. The topological polar surface area (TPSA) is 34.1 Å². The van der Waals surface area contributed by atoms with Gasteiger partial charge in [-0.15, -0.1) is 0 Å². The van der Waals surface area contributed by atoms with Gasteiger partial charge in [0.05, 0.1) is 6.42 Å². The molecule has 0 fully saturated rings. The van der Waals surface area contributed by atoms with Crippen molar-refractivity contribution < 1.29 is 9.59 Å². The molecule has 0 heterocycles. The Kier molecular flexibility index (Phi) is 4.44. The van der Waals surface area contributed by atoms with Gasteiger partial charge >= 0.3 is 0 Å². The first kappa shape index (κ1) is 14.9. The van der Waals surface area contributed by atoms with Crippen molar-refractivity contribution in [3.8, 4) is 11.1 Å². The highest BCUT2D eigenvalue weighted by atomic mass is 16.1. The van der Waals surface area contributed by atoms with Crippen LogP contribution in [0.1, 0.15) is 27.1 Å². The highest BCUT2D eigenvalue weighted by Crippen LogP contribution is 2.21. The Morgan fingerprint density at radius 1 is 0.565 bits per heavy atom. The van der Waals surface area contributed by atoms with Crippen molar-refractivity contribution >= 4 is 11.6 Å². The molecule has 0 bridgehead atoms. The second-order valence-corrected chi connectivity index (χ2v) is 5.34. The minimum Gasteiger partial charge on any atom is -0.294 e. The predicted octanol–water partition coefficient (Wildman–Crippen LogP) is 4.81. The lowest BCUT2D eigenvalue weighted by Crippen LogP contribution is -2.08. The zero-order chi connectivity index (χ0) is 16.1. The van der Waals surface area contributed by atoms with Gasteiger partial charge in [0, 0.05) is 11.1 Å². The summed E-state index contributed by atoms with van der Waals surface area (Å²) in [5.74, 6) is -0.308. The number of Topliss-reactive ketones (excluding diaryl/α,β-unsaturated/α-hetero) is 2. The van der Waals surface area contributed by atoms with E-state index in [9.17, 15) is 9.59 Å². The van der Waals surface area contributed by atoms with Crippen LogP contribution in [0.25, 0.3) is 11.1 Å². The van der Waals surface area contributed by atoms with Crippen molar-refractivity contribution in [1.29, 1.82) is 0 Å². The summed E-state index contributed by atoms with van der Waals surface area (Å²) in [6.45, 7) is 0. The normalized spacial score (nSPS) is 10.3. The third kappa shape index (κ3) is 3.61. The molecule has 2 nitrogen and oxygen atoms in total. The molecular formula is C21H16O2. The Bertz CT molecular complexity index is 821. The third-order valence-corrected chi connectivity index (χ3v) is 3.71. The molecule has 0 aliphatic heterocycles. The molecule has 0 N–H and O–H groups in total. The van der Waals surface area contributed by atoms with E-state index in [1.807, 2.05) is 54.6 Å². The average Bonchev–Trinajstić information content (AvgIpc) is 2.63. The van der Waals surface area contributed by atoms with Crippen LogP contribution in [-0.4, -0.2) is 11.6 Å². The molecule has 0 atom stereocenters. The van der Waals surface area contributed by atoms with Crippen molar-refractivity contribution in [3.05, 3.63) is 96.1 Å². The fourth-order valence-corrected chi connectivity index (χ4v) is 2.48. The van der Waals surface area contributed by atoms with Gasteiger partial charge in [-0.3, -0.25) is 9.59 Å². The molecule has 0 aromatic heterocycles. The first-order chi connectivity index (χ1) is 11.2. The van der Waals surface area contributed by atoms with Crippen molar-refractivity contribution in [2.75, 3.05) is 0 Å². The Morgan fingerprint density at radius 2 is 1.09 bits per heavy atom. The molecular weight excluding hydrogens is 284 g/mol. The van der Waals surface area contributed by atoms with E-state index in [1.165, 1.54) is 0 Å². The fourth-order valence-electron chi connectivity index (χ4n) is 2.48. The molecule has 3 rings (SSSR count). The van der Waals surface area contributed by atoms with E-state index in [1.54, 1.807) is 30.3 Å². The smallest absolute Gasteiger partial charge is 0.170 e. The van der Waals surface area contributed by atoms with Crippen LogP contribution in [0.2, 0.25) is 0 Å². The fraction of sp³-hybridized carbons (Fsp3) is 0.0476. The molecule has 0 unspecified atom stereocenters. The molecule has 0 aliphatic rings. The van der Waals surface area contributed by atoms with Crippen molar-refractivity contribution in [2.45, 2.75) is 6.42 Å². The lowest BCUT2D eigenvalue weighted by atomic mass is 9.98. The molecule has 0 aliphatic carbocycles. The predicted molar refractivity (Wildman–Crippen MR) is 91.6 cm³/mol. The third-order valence-electron chi connectivity index (χ3n) is 3.71. The minimum absolute atomic E-state index is 0.109. The number of carbonyl (C=O) groups is 2. The van der Waals surface area contributed by atoms with Crippen molar-refractivity contribution in [2.24, 2.45) is 0 Å².